The highest BCUT2D eigenvalue weighted by Crippen LogP contribution is 2.39. The molecule has 1 aliphatic rings. The summed E-state index contributed by atoms with van der Waals surface area (Å²) in [5.41, 5.74) is 6.83. The third-order valence-corrected chi connectivity index (χ3v) is 3.38. The minimum atomic E-state index is -0.209. The van der Waals surface area contributed by atoms with Crippen molar-refractivity contribution in [3.8, 4) is 0 Å². The number of guanidine groups is 1. The van der Waals surface area contributed by atoms with Crippen LogP contribution in [0.5, 0.6) is 0 Å². The number of aliphatic imine (C=N–C) groups is 1. The molecule has 0 saturated carbocycles. The molecule has 3 N–H and O–H groups in total. The number of nitrogen functional groups attached to an aromatic ring is 1. The van der Waals surface area contributed by atoms with Gasteiger partial charge in [-0.2, -0.15) is 0 Å². The molecular weight excluding hydrogens is 283 g/mol. The van der Waals surface area contributed by atoms with Gasteiger partial charge in [-0.25, -0.2) is 0 Å². The number of nitrogens with zero attached hydrogens (tertiary/aromatic N) is 2. The van der Waals surface area contributed by atoms with Crippen molar-refractivity contribution in [3.05, 3.63) is 22.2 Å². The molecule has 0 bridgehead atoms. The minimum Gasteiger partial charge on any atom is -0.399 e. The number of nitrogens with one attached hydrogen (secondary N) is 1. The van der Waals surface area contributed by atoms with Crippen molar-refractivity contribution in [2.75, 3.05) is 23.7 Å². The fourth-order valence-electron chi connectivity index (χ4n) is 2.09. The van der Waals surface area contributed by atoms with E-state index in [1.54, 1.807) is 12.1 Å². The van der Waals surface area contributed by atoms with Crippen LogP contribution in [0.2, 0.25) is 10.0 Å². The Bertz CT molecular complexity index is 497. The van der Waals surface area contributed by atoms with E-state index in [0.717, 1.165) is 24.7 Å². The maximum atomic E-state index is 6.33. The standard InChI is InChI=1S/C13H18Cl2N4/c1-13(2,3)19(12-17-4-5-18-12)11-9(14)6-8(16)7-10(11)15/h6-7H,4-5,16H2,1-3H3,(H,17,18). The van der Waals surface area contributed by atoms with Crippen molar-refractivity contribution in [2.45, 2.75) is 26.3 Å². The molecule has 1 aromatic rings. The number of hydrogen-bond acceptors (Lipinski definition) is 4. The van der Waals surface area contributed by atoms with Gasteiger partial charge in [-0.3, -0.25) is 4.99 Å². The maximum Gasteiger partial charge on any atom is 0.199 e. The van der Waals surface area contributed by atoms with Crippen molar-refractivity contribution in [1.29, 1.82) is 0 Å². The lowest BCUT2D eigenvalue weighted by Gasteiger charge is -2.38. The van der Waals surface area contributed by atoms with E-state index in [9.17, 15) is 0 Å². The van der Waals surface area contributed by atoms with Crippen LogP contribution >= 0.6 is 23.2 Å². The fraction of sp³-hybridized carbons (Fsp3) is 0.462. The van der Waals surface area contributed by atoms with Gasteiger partial charge in [-0.15, -0.1) is 0 Å². The van der Waals surface area contributed by atoms with E-state index < -0.39 is 0 Å². The topological polar surface area (TPSA) is 53.6 Å². The van der Waals surface area contributed by atoms with E-state index >= 15 is 0 Å². The highest BCUT2D eigenvalue weighted by Gasteiger charge is 2.31. The Morgan fingerprint density at radius 3 is 2.26 bits per heavy atom. The lowest BCUT2D eigenvalue weighted by Crippen LogP contribution is -2.50. The van der Waals surface area contributed by atoms with E-state index in [4.69, 9.17) is 28.9 Å². The summed E-state index contributed by atoms with van der Waals surface area (Å²) in [5.74, 6) is 0.793. The molecule has 104 valence electrons. The van der Waals surface area contributed by atoms with Crippen molar-refractivity contribution < 1.29 is 0 Å². The van der Waals surface area contributed by atoms with Crippen molar-refractivity contribution in [1.82, 2.24) is 5.32 Å². The van der Waals surface area contributed by atoms with Gasteiger partial charge in [0.2, 0.25) is 0 Å². The molecule has 6 heteroatoms. The second kappa shape index (κ2) is 5.10. The van der Waals surface area contributed by atoms with E-state index in [0.29, 0.717) is 15.7 Å². The SMILES string of the molecule is CC(C)(C)N(C1=NCCN1)c1c(Cl)cc(N)cc1Cl. The number of nitrogens with two attached hydrogens (primary N) is 1. The number of benzene rings is 1. The van der Waals surface area contributed by atoms with Gasteiger partial charge in [0.25, 0.3) is 0 Å². The molecular formula is C13H18Cl2N4. The predicted octanol–water partition coefficient (Wildman–Crippen LogP) is 3.14. The highest BCUT2D eigenvalue weighted by molar-refractivity contribution is 6.40. The molecule has 0 radical (unpaired) electrons. The number of halogens is 2. The van der Waals surface area contributed by atoms with Gasteiger partial charge in [0.15, 0.2) is 5.96 Å². The quantitative estimate of drug-likeness (QED) is 0.784. The van der Waals surface area contributed by atoms with Crippen molar-refractivity contribution in [2.24, 2.45) is 4.99 Å². The zero-order valence-corrected chi connectivity index (χ0v) is 12.8. The van der Waals surface area contributed by atoms with E-state index in [2.05, 4.69) is 31.1 Å². The van der Waals surface area contributed by atoms with Gasteiger partial charge in [-0.1, -0.05) is 23.2 Å². The molecule has 0 aliphatic carbocycles. The van der Waals surface area contributed by atoms with E-state index in [1.165, 1.54) is 0 Å². The molecule has 0 fully saturated rings. The first-order chi connectivity index (χ1) is 8.80. The normalized spacial score (nSPS) is 15.1. The van der Waals surface area contributed by atoms with Crippen LogP contribution in [0.25, 0.3) is 0 Å². The Labute approximate surface area is 123 Å². The molecule has 1 aromatic carbocycles. The highest BCUT2D eigenvalue weighted by atomic mass is 35.5. The summed E-state index contributed by atoms with van der Waals surface area (Å²) >= 11 is 12.7. The molecule has 2 rings (SSSR count). The molecule has 0 atom stereocenters. The predicted molar refractivity (Wildman–Crippen MR) is 83.4 cm³/mol. The molecule has 0 unspecified atom stereocenters. The molecule has 0 saturated heterocycles. The van der Waals surface area contributed by atoms with Crippen LogP contribution in [-0.2, 0) is 0 Å². The van der Waals surface area contributed by atoms with Crippen LogP contribution in [0.1, 0.15) is 20.8 Å². The molecule has 4 nitrogen and oxygen atoms in total. The first-order valence-corrected chi connectivity index (χ1v) is 6.89. The molecule has 19 heavy (non-hydrogen) atoms. The summed E-state index contributed by atoms with van der Waals surface area (Å²) in [6.07, 6.45) is 0. The molecule has 1 heterocycles. The average Bonchev–Trinajstić information content (AvgIpc) is 2.73. The Morgan fingerprint density at radius 1 is 1.26 bits per heavy atom. The monoisotopic (exact) mass is 300 g/mol. The van der Waals surface area contributed by atoms with E-state index in [1.807, 2.05) is 4.90 Å². The summed E-state index contributed by atoms with van der Waals surface area (Å²) < 4.78 is 0. The molecule has 0 spiro atoms. The fourth-order valence-corrected chi connectivity index (χ4v) is 2.77. The molecule has 0 amide bonds. The number of anilines is 2. The largest absolute Gasteiger partial charge is 0.399 e. The number of hydrogen-bond donors (Lipinski definition) is 2. The van der Waals surface area contributed by atoms with Gasteiger partial charge in [0.05, 0.1) is 22.3 Å². The molecule has 1 aliphatic heterocycles. The van der Waals surface area contributed by atoms with Crippen LogP contribution in [0.3, 0.4) is 0 Å². The first kappa shape index (κ1) is 14.3. The van der Waals surface area contributed by atoms with Crippen molar-refractivity contribution in [3.63, 3.8) is 0 Å². The summed E-state index contributed by atoms with van der Waals surface area (Å²) in [7, 11) is 0. The lowest BCUT2D eigenvalue weighted by atomic mass is 10.0. The van der Waals surface area contributed by atoms with Crippen LogP contribution in [0, 0.1) is 0 Å². The average molecular weight is 301 g/mol. The minimum absolute atomic E-state index is 0.209. The Hall–Kier alpha value is -1.13. The van der Waals surface area contributed by atoms with Gasteiger partial charge in [-0.05, 0) is 32.9 Å². The first-order valence-electron chi connectivity index (χ1n) is 6.14. The third-order valence-electron chi connectivity index (χ3n) is 2.80. The van der Waals surface area contributed by atoms with Crippen LogP contribution < -0.4 is 16.0 Å². The Kier molecular flexibility index (Phi) is 3.83. The zero-order valence-electron chi connectivity index (χ0n) is 11.3. The maximum absolute atomic E-state index is 6.33. The number of rotatable bonds is 1. The van der Waals surface area contributed by atoms with Crippen LogP contribution in [-0.4, -0.2) is 24.6 Å². The van der Waals surface area contributed by atoms with Gasteiger partial charge < -0.3 is 16.0 Å². The van der Waals surface area contributed by atoms with Gasteiger partial charge >= 0.3 is 0 Å². The smallest absolute Gasteiger partial charge is 0.199 e. The Morgan fingerprint density at radius 2 is 1.84 bits per heavy atom. The second-order valence-corrected chi connectivity index (χ2v) is 6.29. The van der Waals surface area contributed by atoms with Crippen LogP contribution in [0.4, 0.5) is 11.4 Å². The molecule has 0 aromatic heterocycles. The van der Waals surface area contributed by atoms with Crippen LogP contribution in [0.15, 0.2) is 17.1 Å². The summed E-state index contributed by atoms with van der Waals surface area (Å²) in [6.45, 7) is 7.83. The van der Waals surface area contributed by atoms with Crippen molar-refractivity contribution >= 4 is 40.5 Å². The lowest BCUT2D eigenvalue weighted by molar-refractivity contribution is 0.566. The summed E-state index contributed by atoms with van der Waals surface area (Å²) in [5, 5.41) is 4.31. The third kappa shape index (κ3) is 2.90. The summed E-state index contributed by atoms with van der Waals surface area (Å²) in [6, 6.07) is 3.41. The summed E-state index contributed by atoms with van der Waals surface area (Å²) in [4.78, 5) is 6.48. The van der Waals surface area contributed by atoms with Gasteiger partial charge in [0.1, 0.15) is 0 Å². The Balaban J connectivity index is 2.56. The second-order valence-electron chi connectivity index (χ2n) is 5.47. The van der Waals surface area contributed by atoms with E-state index in [-0.39, 0.29) is 5.54 Å². The van der Waals surface area contributed by atoms with Gasteiger partial charge in [0, 0.05) is 17.8 Å². The zero-order chi connectivity index (χ0) is 14.2.